The number of hydrogen-bond acceptors (Lipinski definition) is 2. The second-order valence-corrected chi connectivity index (χ2v) is 7.72. The predicted octanol–water partition coefficient (Wildman–Crippen LogP) is 2.90. The van der Waals surface area contributed by atoms with Gasteiger partial charge < -0.3 is 10.4 Å². The van der Waals surface area contributed by atoms with Crippen molar-refractivity contribution < 1.29 is 9.90 Å². The minimum Gasteiger partial charge on any atom is -0.480 e. The van der Waals surface area contributed by atoms with E-state index in [0.29, 0.717) is 0 Å². The van der Waals surface area contributed by atoms with Crippen molar-refractivity contribution in [2.24, 2.45) is 29.1 Å². The average Bonchev–Trinajstić information content (AvgIpc) is 2.26. The van der Waals surface area contributed by atoms with Gasteiger partial charge in [0.1, 0.15) is 5.54 Å². The fourth-order valence-electron chi connectivity index (χ4n) is 6.34. The number of rotatable bonds is 4. The van der Waals surface area contributed by atoms with E-state index in [-0.39, 0.29) is 11.3 Å². The molecule has 2 N–H and O–H groups in total. The number of carboxylic acids is 1. The average molecular weight is 265 g/mol. The van der Waals surface area contributed by atoms with Gasteiger partial charge in [-0.05, 0) is 69.2 Å². The quantitative estimate of drug-likeness (QED) is 0.821. The van der Waals surface area contributed by atoms with E-state index in [0.717, 1.165) is 37.0 Å². The minimum absolute atomic E-state index is 0.00347. The molecule has 0 aromatic carbocycles. The van der Waals surface area contributed by atoms with E-state index < -0.39 is 11.5 Å². The number of carboxylic acid groups (broad SMARTS) is 1. The largest absolute Gasteiger partial charge is 0.480 e. The highest BCUT2D eigenvalue weighted by atomic mass is 16.4. The standard InChI is InChI=1S/C16H27NO2/c1-10(2)16(17-3,14(18)19)15-7-11-4-12(8-15)6-13(5-11)9-15/h10-13,17H,4-9H2,1-3H3,(H,18,19). The van der Waals surface area contributed by atoms with Gasteiger partial charge in [0.2, 0.25) is 0 Å². The van der Waals surface area contributed by atoms with Gasteiger partial charge in [0.25, 0.3) is 0 Å². The lowest BCUT2D eigenvalue weighted by Crippen LogP contribution is -2.69. The van der Waals surface area contributed by atoms with E-state index in [4.69, 9.17) is 0 Å². The molecule has 1 unspecified atom stereocenters. The highest BCUT2D eigenvalue weighted by Crippen LogP contribution is 2.64. The van der Waals surface area contributed by atoms with Gasteiger partial charge in [-0.2, -0.15) is 0 Å². The summed E-state index contributed by atoms with van der Waals surface area (Å²) in [5.41, 5.74) is -0.737. The van der Waals surface area contributed by atoms with Gasteiger partial charge in [0.05, 0.1) is 0 Å². The van der Waals surface area contributed by atoms with Crippen LogP contribution in [0.3, 0.4) is 0 Å². The molecule has 0 saturated heterocycles. The van der Waals surface area contributed by atoms with Gasteiger partial charge >= 0.3 is 5.97 Å². The maximum absolute atomic E-state index is 12.1. The van der Waals surface area contributed by atoms with Crippen LogP contribution in [0.25, 0.3) is 0 Å². The van der Waals surface area contributed by atoms with Crippen molar-refractivity contribution in [3.05, 3.63) is 0 Å². The Bertz CT molecular complexity index is 355. The third-order valence-electron chi connectivity index (χ3n) is 6.47. The summed E-state index contributed by atoms with van der Waals surface area (Å²) >= 11 is 0. The van der Waals surface area contributed by atoms with Crippen molar-refractivity contribution in [3.63, 3.8) is 0 Å². The zero-order valence-electron chi connectivity index (χ0n) is 12.4. The van der Waals surface area contributed by atoms with Crippen LogP contribution in [0.15, 0.2) is 0 Å². The Morgan fingerprint density at radius 1 is 1.16 bits per heavy atom. The predicted molar refractivity (Wildman–Crippen MR) is 74.9 cm³/mol. The Labute approximate surface area is 116 Å². The number of nitrogens with one attached hydrogen (secondary N) is 1. The first kappa shape index (κ1) is 13.4. The SMILES string of the molecule is CNC(C(=O)O)(C(C)C)C12CC3CC(CC(C3)C1)C2. The lowest BCUT2D eigenvalue weighted by Gasteiger charge is -2.63. The lowest BCUT2D eigenvalue weighted by atomic mass is 9.43. The van der Waals surface area contributed by atoms with Crippen molar-refractivity contribution in [2.45, 2.75) is 57.9 Å². The van der Waals surface area contributed by atoms with Gasteiger partial charge in [-0.15, -0.1) is 0 Å². The Balaban J connectivity index is 2.04. The van der Waals surface area contributed by atoms with Crippen LogP contribution in [0.5, 0.6) is 0 Å². The molecule has 0 heterocycles. The molecule has 4 aliphatic rings. The molecule has 0 amide bonds. The van der Waals surface area contributed by atoms with Gasteiger partial charge in [-0.25, -0.2) is 0 Å². The Morgan fingerprint density at radius 2 is 1.58 bits per heavy atom. The molecule has 4 rings (SSSR count). The molecule has 4 aliphatic carbocycles. The highest BCUT2D eigenvalue weighted by molar-refractivity contribution is 5.80. The van der Waals surface area contributed by atoms with Crippen molar-refractivity contribution in [2.75, 3.05) is 7.05 Å². The fraction of sp³-hybridized carbons (Fsp3) is 0.938. The van der Waals surface area contributed by atoms with Crippen LogP contribution >= 0.6 is 0 Å². The van der Waals surface area contributed by atoms with Crippen molar-refractivity contribution >= 4 is 5.97 Å². The van der Waals surface area contributed by atoms with Gasteiger partial charge in [-0.1, -0.05) is 13.8 Å². The third-order valence-corrected chi connectivity index (χ3v) is 6.47. The molecule has 0 aliphatic heterocycles. The maximum atomic E-state index is 12.1. The maximum Gasteiger partial charge on any atom is 0.324 e. The van der Waals surface area contributed by atoms with Crippen molar-refractivity contribution in [1.29, 1.82) is 0 Å². The van der Waals surface area contributed by atoms with Crippen LogP contribution in [0, 0.1) is 29.1 Å². The Kier molecular flexibility index (Phi) is 2.97. The molecular formula is C16H27NO2. The zero-order chi connectivity index (χ0) is 13.8. The molecule has 0 aromatic heterocycles. The smallest absolute Gasteiger partial charge is 0.324 e. The topological polar surface area (TPSA) is 49.3 Å². The molecule has 4 fully saturated rings. The normalized spacial score (nSPS) is 43.5. The van der Waals surface area contributed by atoms with Crippen LogP contribution in [0.1, 0.15) is 52.4 Å². The fourth-order valence-corrected chi connectivity index (χ4v) is 6.34. The van der Waals surface area contributed by atoms with Crippen LogP contribution < -0.4 is 5.32 Å². The molecule has 0 spiro atoms. The van der Waals surface area contributed by atoms with E-state index >= 15 is 0 Å². The molecule has 19 heavy (non-hydrogen) atoms. The summed E-state index contributed by atoms with van der Waals surface area (Å²) in [5, 5.41) is 13.3. The molecule has 3 nitrogen and oxygen atoms in total. The first-order chi connectivity index (χ1) is 8.93. The summed E-state index contributed by atoms with van der Waals surface area (Å²) in [4.78, 5) is 12.1. The number of hydrogen-bond donors (Lipinski definition) is 2. The van der Waals surface area contributed by atoms with E-state index in [1.54, 1.807) is 0 Å². The third kappa shape index (κ3) is 1.63. The summed E-state index contributed by atoms with van der Waals surface area (Å²) in [7, 11) is 1.85. The summed E-state index contributed by atoms with van der Waals surface area (Å²) in [5.74, 6) is 1.87. The van der Waals surface area contributed by atoms with Crippen molar-refractivity contribution in [3.8, 4) is 0 Å². The monoisotopic (exact) mass is 265 g/mol. The second kappa shape index (κ2) is 4.21. The van der Waals surface area contributed by atoms with Gasteiger partial charge in [0, 0.05) is 5.41 Å². The summed E-state index contributed by atoms with van der Waals surface area (Å²) < 4.78 is 0. The first-order valence-corrected chi connectivity index (χ1v) is 7.86. The molecule has 0 aromatic rings. The van der Waals surface area contributed by atoms with Crippen molar-refractivity contribution in [1.82, 2.24) is 5.32 Å². The van der Waals surface area contributed by atoms with Gasteiger partial charge in [-0.3, -0.25) is 4.79 Å². The molecule has 3 heteroatoms. The second-order valence-electron chi connectivity index (χ2n) is 7.72. The summed E-state index contributed by atoms with van der Waals surface area (Å²) in [6.45, 7) is 4.15. The summed E-state index contributed by atoms with van der Waals surface area (Å²) in [6.07, 6.45) is 7.46. The summed E-state index contributed by atoms with van der Waals surface area (Å²) in [6, 6.07) is 0. The number of carbonyl (C=O) groups is 1. The Morgan fingerprint density at radius 3 is 1.84 bits per heavy atom. The molecule has 108 valence electrons. The molecule has 4 bridgehead atoms. The number of likely N-dealkylation sites (N-methyl/N-ethyl adjacent to an activating group) is 1. The van der Waals surface area contributed by atoms with E-state index in [1.807, 2.05) is 7.05 Å². The molecule has 0 radical (unpaired) electrons. The molecule has 4 saturated carbocycles. The molecular weight excluding hydrogens is 238 g/mol. The van der Waals surface area contributed by atoms with Crippen LogP contribution in [-0.2, 0) is 4.79 Å². The van der Waals surface area contributed by atoms with Crippen LogP contribution in [-0.4, -0.2) is 23.7 Å². The van der Waals surface area contributed by atoms with Gasteiger partial charge in [0.15, 0.2) is 0 Å². The molecule has 1 atom stereocenters. The number of aliphatic carboxylic acids is 1. The zero-order valence-corrected chi connectivity index (χ0v) is 12.4. The van der Waals surface area contributed by atoms with Crippen LogP contribution in [0.2, 0.25) is 0 Å². The van der Waals surface area contributed by atoms with E-state index in [1.165, 1.54) is 19.3 Å². The lowest BCUT2D eigenvalue weighted by molar-refractivity contribution is -0.172. The van der Waals surface area contributed by atoms with Crippen LogP contribution in [0.4, 0.5) is 0 Å². The van der Waals surface area contributed by atoms with E-state index in [9.17, 15) is 9.90 Å². The first-order valence-electron chi connectivity index (χ1n) is 7.86. The highest BCUT2D eigenvalue weighted by Gasteiger charge is 2.64. The van der Waals surface area contributed by atoms with E-state index in [2.05, 4.69) is 19.2 Å². The minimum atomic E-state index is -0.733. The Hall–Kier alpha value is -0.570.